The first kappa shape index (κ1) is 20.8. The van der Waals surface area contributed by atoms with Crippen LogP contribution in [0.2, 0.25) is 0 Å². The van der Waals surface area contributed by atoms with Crippen LogP contribution in [0.15, 0.2) is 48.5 Å². The van der Waals surface area contributed by atoms with Gasteiger partial charge in [-0.15, -0.1) is 0 Å². The zero-order chi connectivity index (χ0) is 20.5. The zero-order valence-corrected chi connectivity index (χ0v) is 15.7. The number of carboxylic acid groups (broad SMARTS) is 1. The van der Waals surface area contributed by atoms with E-state index in [1.165, 1.54) is 0 Å². The van der Waals surface area contributed by atoms with Gasteiger partial charge in [-0.25, -0.2) is 14.4 Å². The van der Waals surface area contributed by atoms with Crippen molar-refractivity contribution in [3.05, 3.63) is 54.1 Å². The molecule has 2 rings (SSSR count). The molecule has 1 atom stereocenters. The van der Waals surface area contributed by atoms with Crippen LogP contribution in [-0.4, -0.2) is 42.9 Å². The van der Waals surface area contributed by atoms with Crippen LogP contribution in [0.3, 0.4) is 0 Å². The second kappa shape index (κ2) is 9.96. The lowest BCUT2D eigenvalue weighted by atomic mass is 10.0. The average molecular weight is 385 g/mol. The van der Waals surface area contributed by atoms with Gasteiger partial charge in [0.05, 0.1) is 6.61 Å². The van der Waals surface area contributed by atoms with E-state index in [1.54, 1.807) is 32.2 Å². The highest BCUT2D eigenvalue weighted by Crippen LogP contribution is 2.23. The van der Waals surface area contributed by atoms with Crippen LogP contribution in [0, 0.1) is 0 Å². The molecule has 3 amide bonds. The fourth-order valence-corrected chi connectivity index (χ4v) is 2.55. The normalized spacial score (nSPS) is 11.2. The smallest absolute Gasteiger partial charge is 0.407 e. The van der Waals surface area contributed by atoms with Gasteiger partial charge >= 0.3 is 18.1 Å². The number of alkyl carbamates (subject to hydrolysis) is 1. The Labute approximate surface area is 162 Å². The van der Waals surface area contributed by atoms with E-state index in [4.69, 9.17) is 4.74 Å². The molecule has 0 unspecified atom stereocenters. The van der Waals surface area contributed by atoms with E-state index < -0.39 is 18.1 Å². The maximum atomic E-state index is 11.5. The van der Waals surface area contributed by atoms with Crippen LogP contribution >= 0.6 is 0 Å². The van der Waals surface area contributed by atoms with Crippen molar-refractivity contribution in [2.75, 3.05) is 19.0 Å². The molecule has 0 aliphatic rings. The van der Waals surface area contributed by atoms with Crippen molar-refractivity contribution in [1.82, 2.24) is 10.6 Å². The zero-order valence-electron chi connectivity index (χ0n) is 15.7. The minimum absolute atomic E-state index is 0.132. The molecule has 0 saturated heterocycles. The molecule has 8 nitrogen and oxygen atoms in total. The Morgan fingerprint density at radius 1 is 1.07 bits per heavy atom. The lowest BCUT2D eigenvalue weighted by Crippen LogP contribution is -2.42. The van der Waals surface area contributed by atoms with Gasteiger partial charge in [0.15, 0.2) is 0 Å². The summed E-state index contributed by atoms with van der Waals surface area (Å²) in [5.41, 5.74) is 3.23. The first-order valence-electron chi connectivity index (χ1n) is 8.77. The molecule has 0 bridgehead atoms. The Morgan fingerprint density at radius 3 is 2.39 bits per heavy atom. The van der Waals surface area contributed by atoms with Crippen molar-refractivity contribution in [2.45, 2.75) is 19.4 Å². The molecule has 148 valence electrons. The number of carbonyl (C=O) groups is 3. The van der Waals surface area contributed by atoms with Crippen LogP contribution in [0.1, 0.15) is 12.5 Å². The van der Waals surface area contributed by atoms with Crippen molar-refractivity contribution >= 4 is 23.8 Å². The Bertz CT molecular complexity index is 836. The van der Waals surface area contributed by atoms with E-state index in [-0.39, 0.29) is 19.1 Å². The highest BCUT2D eigenvalue weighted by Gasteiger charge is 2.21. The molecule has 0 radical (unpaired) electrons. The number of carbonyl (C=O) groups excluding carboxylic acids is 2. The van der Waals surface area contributed by atoms with Crippen molar-refractivity contribution in [3.63, 3.8) is 0 Å². The van der Waals surface area contributed by atoms with Gasteiger partial charge in [0, 0.05) is 19.2 Å². The molecule has 0 heterocycles. The van der Waals surface area contributed by atoms with Crippen molar-refractivity contribution in [1.29, 1.82) is 0 Å². The lowest BCUT2D eigenvalue weighted by molar-refractivity contribution is -0.139. The van der Waals surface area contributed by atoms with Crippen molar-refractivity contribution in [2.24, 2.45) is 0 Å². The number of carboxylic acids is 1. The maximum Gasteiger partial charge on any atom is 0.407 e. The summed E-state index contributed by atoms with van der Waals surface area (Å²) in [5.74, 6) is -1.13. The Balaban J connectivity index is 2.10. The van der Waals surface area contributed by atoms with Crippen molar-refractivity contribution in [3.8, 4) is 11.1 Å². The number of hydrogen-bond acceptors (Lipinski definition) is 4. The fraction of sp³-hybridized carbons (Fsp3) is 0.250. The topological polar surface area (TPSA) is 117 Å². The van der Waals surface area contributed by atoms with Gasteiger partial charge in [0.2, 0.25) is 0 Å². The number of rotatable bonds is 7. The number of aliphatic carboxylic acids is 1. The molecule has 4 N–H and O–H groups in total. The number of hydrogen-bond donors (Lipinski definition) is 4. The molecule has 8 heteroatoms. The van der Waals surface area contributed by atoms with Gasteiger partial charge in [-0.05, 0) is 35.7 Å². The molecule has 0 saturated carbocycles. The minimum Gasteiger partial charge on any atom is -0.480 e. The molecule has 0 spiro atoms. The molecular weight excluding hydrogens is 362 g/mol. The quantitative estimate of drug-likeness (QED) is 0.585. The van der Waals surface area contributed by atoms with E-state index in [2.05, 4.69) is 16.0 Å². The Morgan fingerprint density at radius 2 is 1.79 bits per heavy atom. The van der Waals surface area contributed by atoms with E-state index in [0.717, 1.165) is 16.7 Å². The van der Waals surface area contributed by atoms with E-state index >= 15 is 0 Å². The highest BCUT2D eigenvalue weighted by molar-refractivity contribution is 5.89. The van der Waals surface area contributed by atoms with E-state index in [0.29, 0.717) is 5.69 Å². The third-order valence-corrected chi connectivity index (χ3v) is 3.94. The monoisotopic (exact) mass is 385 g/mol. The average Bonchev–Trinajstić information content (AvgIpc) is 2.68. The number of ether oxygens (including phenoxy) is 1. The Kier molecular flexibility index (Phi) is 7.38. The third kappa shape index (κ3) is 6.01. The molecule has 28 heavy (non-hydrogen) atoms. The van der Waals surface area contributed by atoms with Gasteiger partial charge in [-0.1, -0.05) is 36.4 Å². The van der Waals surface area contributed by atoms with Crippen LogP contribution in [0.5, 0.6) is 0 Å². The SMILES string of the molecule is CCOC(=O)N[C@@H](Cc1ccc(-c2cccc(NC(=O)NC)c2)cc1)C(=O)O. The third-order valence-electron chi connectivity index (χ3n) is 3.94. The van der Waals surface area contributed by atoms with Gasteiger partial charge in [0.25, 0.3) is 0 Å². The van der Waals surface area contributed by atoms with Gasteiger partial charge in [0.1, 0.15) is 6.04 Å². The summed E-state index contributed by atoms with van der Waals surface area (Å²) < 4.78 is 4.74. The molecule has 2 aromatic rings. The predicted octanol–water partition coefficient (Wildman–Crippen LogP) is 2.85. The molecule has 2 aromatic carbocycles. The molecule has 0 fully saturated rings. The summed E-state index contributed by atoms with van der Waals surface area (Å²) in [6.45, 7) is 1.81. The number of urea groups is 1. The molecular formula is C20H23N3O5. The summed E-state index contributed by atoms with van der Waals surface area (Å²) in [5, 5.41) is 16.8. The van der Waals surface area contributed by atoms with Crippen LogP contribution in [-0.2, 0) is 16.0 Å². The first-order chi connectivity index (χ1) is 13.4. The largest absolute Gasteiger partial charge is 0.480 e. The van der Waals surface area contributed by atoms with Crippen molar-refractivity contribution < 1.29 is 24.2 Å². The Hall–Kier alpha value is -3.55. The summed E-state index contributed by atoms with van der Waals surface area (Å²) in [6, 6.07) is 13.3. The fourth-order valence-electron chi connectivity index (χ4n) is 2.55. The lowest BCUT2D eigenvalue weighted by Gasteiger charge is -2.14. The molecule has 0 aliphatic heterocycles. The minimum atomic E-state index is -1.13. The maximum absolute atomic E-state index is 11.5. The second-order valence-electron chi connectivity index (χ2n) is 5.94. The van der Waals surface area contributed by atoms with Crippen LogP contribution in [0.25, 0.3) is 11.1 Å². The highest BCUT2D eigenvalue weighted by atomic mass is 16.5. The van der Waals surface area contributed by atoms with Gasteiger partial charge in [-0.2, -0.15) is 0 Å². The standard InChI is InChI=1S/C20H23N3O5/c1-3-28-20(27)23-17(18(24)25)11-13-7-9-14(10-8-13)15-5-4-6-16(12-15)22-19(26)21-2/h4-10,12,17H,3,11H2,1-2H3,(H,23,27)(H,24,25)(H2,21,22,26)/t17-/m0/s1. The molecule has 0 aromatic heterocycles. The number of nitrogens with one attached hydrogen (secondary N) is 3. The first-order valence-corrected chi connectivity index (χ1v) is 8.77. The number of anilines is 1. The van der Waals surface area contributed by atoms with Crippen LogP contribution in [0.4, 0.5) is 15.3 Å². The number of amides is 3. The predicted molar refractivity (Wildman–Crippen MR) is 105 cm³/mol. The summed E-state index contributed by atoms with van der Waals surface area (Å²) in [7, 11) is 1.54. The van der Waals surface area contributed by atoms with E-state index in [9.17, 15) is 19.5 Å². The van der Waals surface area contributed by atoms with Crippen LogP contribution < -0.4 is 16.0 Å². The summed E-state index contributed by atoms with van der Waals surface area (Å²) in [6.07, 6.45) is -0.626. The van der Waals surface area contributed by atoms with E-state index in [1.807, 2.05) is 30.3 Å². The van der Waals surface area contributed by atoms with Gasteiger partial charge in [-0.3, -0.25) is 0 Å². The second-order valence-corrected chi connectivity index (χ2v) is 5.94. The summed E-state index contributed by atoms with van der Waals surface area (Å²) in [4.78, 5) is 34.3. The van der Waals surface area contributed by atoms with Gasteiger partial charge < -0.3 is 25.8 Å². The number of benzene rings is 2. The summed E-state index contributed by atoms with van der Waals surface area (Å²) >= 11 is 0. The molecule has 0 aliphatic carbocycles.